The number of nitrogens with one attached hydrogen (secondary N) is 1. The highest BCUT2D eigenvalue weighted by Crippen LogP contribution is 2.19. The molecule has 3 N–H and O–H groups in total. The first kappa shape index (κ1) is 15.3. The Labute approximate surface area is 127 Å². The van der Waals surface area contributed by atoms with Gasteiger partial charge in [-0.05, 0) is 24.3 Å². The first-order valence-electron chi connectivity index (χ1n) is 5.89. The van der Waals surface area contributed by atoms with Gasteiger partial charge < -0.3 is 10.5 Å². The fourth-order valence-electron chi connectivity index (χ4n) is 1.53. The second kappa shape index (κ2) is 6.10. The molecule has 0 bridgehead atoms. The van der Waals surface area contributed by atoms with Gasteiger partial charge in [0, 0.05) is 18.9 Å². The lowest BCUT2D eigenvalue weighted by Crippen LogP contribution is -2.17. The summed E-state index contributed by atoms with van der Waals surface area (Å²) in [5.41, 5.74) is 5.74. The van der Waals surface area contributed by atoms with Crippen LogP contribution >= 0.6 is 12.2 Å². The predicted octanol–water partition coefficient (Wildman–Crippen LogP) is 0.886. The molecule has 0 aliphatic rings. The van der Waals surface area contributed by atoms with E-state index in [9.17, 15) is 8.42 Å². The molecule has 0 radical (unpaired) electrons. The maximum atomic E-state index is 12.1. The third-order valence-corrected chi connectivity index (χ3v) is 3.93. The topological polar surface area (TPSA) is 99.2 Å². The molecule has 1 aromatic heterocycles. The third kappa shape index (κ3) is 4.17. The molecule has 0 atom stereocenters. The van der Waals surface area contributed by atoms with Gasteiger partial charge in [-0.15, -0.1) is 0 Å². The number of rotatable bonds is 6. The number of thiocarbonyl (C=S) groups is 1. The lowest BCUT2D eigenvalue weighted by molar-refractivity contribution is 0.377. The van der Waals surface area contributed by atoms with Crippen LogP contribution in [0.4, 0.5) is 5.69 Å². The number of benzene rings is 1. The second-order valence-corrected chi connectivity index (χ2v) is 6.44. The normalized spacial score (nSPS) is 11.1. The Morgan fingerprint density at radius 3 is 2.62 bits per heavy atom. The van der Waals surface area contributed by atoms with Crippen LogP contribution in [0.3, 0.4) is 0 Å². The van der Waals surface area contributed by atoms with Crippen LogP contribution in [0.1, 0.15) is 0 Å². The smallest absolute Gasteiger partial charge is 0.265 e. The average Bonchev–Trinajstić information content (AvgIpc) is 2.85. The van der Waals surface area contributed by atoms with Gasteiger partial charge in [-0.3, -0.25) is 9.40 Å². The van der Waals surface area contributed by atoms with Gasteiger partial charge in [0.1, 0.15) is 22.2 Å². The summed E-state index contributed by atoms with van der Waals surface area (Å²) in [5, 5.41) is 3.83. The van der Waals surface area contributed by atoms with Crippen molar-refractivity contribution in [1.82, 2.24) is 9.78 Å². The zero-order valence-electron chi connectivity index (χ0n) is 11.2. The summed E-state index contributed by atoms with van der Waals surface area (Å²) in [6.45, 7) is 0.135. The van der Waals surface area contributed by atoms with E-state index < -0.39 is 10.0 Å². The zero-order valence-corrected chi connectivity index (χ0v) is 12.8. The number of aromatic nitrogens is 2. The molecule has 7 nitrogen and oxygen atoms in total. The maximum Gasteiger partial charge on any atom is 0.265 e. The summed E-state index contributed by atoms with van der Waals surface area (Å²) in [6, 6.07) is 6.42. The zero-order chi connectivity index (χ0) is 15.5. The Balaban J connectivity index is 2.08. The van der Waals surface area contributed by atoms with E-state index in [1.54, 1.807) is 31.3 Å². The fraction of sp³-hybridized carbons (Fsp3) is 0.167. The Morgan fingerprint density at radius 2 is 2.10 bits per heavy atom. The van der Waals surface area contributed by atoms with Gasteiger partial charge in [-0.2, -0.15) is 5.10 Å². The molecule has 2 rings (SSSR count). The van der Waals surface area contributed by atoms with Crippen LogP contribution in [0.2, 0.25) is 0 Å². The van der Waals surface area contributed by atoms with E-state index in [2.05, 4.69) is 9.82 Å². The molecule has 0 saturated carbocycles. The standard InChI is InChI=1S/C12H14N4O3S2/c1-16-7-11(6-14-16)21(17,18)15-9-2-4-10(5-3-9)19-8-12(13)20/h2-7,15H,8H2,1H3,(H2,13,20). The van der Waals surface area contributed by atoms with E-state index in [0.29, 0.717) is 11.4 Å². The van der Waals surface area contributed by atoms with E-state index in [4.69, 9.17) is 22.7 Å². The van der Waals surface area contributed by atoms with E-state index in [1.165, 1.54) is 17.1 Å². The molecular weight excluding hydrogens is 312 g/mol. The van der Waals surface area contributed by atoms with Crippen molar-refractivity contribution >= 4 is 32.9 Å². The SMILES string of the molecule is Cn1cc(S(=O)(=O)Nc2ccc(OCC(N)=S)cc2)cn1. The molecule has 9 heteroatoms. The van der Waals surface area contributed by atoms with Crippen molar-refractivity contribution < 1.29 is 13.2 Å². The van der Waals surface area contributed by atoms with Gasteiger partial charge in [-0.25, -0.2) is 8.42 Å². The number of hydrogen-bond donors (Lipinski definition) is 2. The fourth-order valence-corrected chi connectivity index (χ4v) is 2.63. The third-order valence-electron chi connectivity index (χ3n) is 2.48. The Morgan fingerprint density at radius 1 is 1.43 bits per heavy atom. The van der Waals surface area contributed by atoms with E-state index in [-0.39, 0.29) is 16.5 Å². The number of anilines is 1. The molecule has 2 aromatic rings. The molecule has 0 aliphatic heterocycles. The first-order chi connectivity index (χ1) is 9.87. The van der Waals surface area contributed by atoms with Crippen LogP contribution in [0.15, 0.2) is 41.6 Å². The summed E-state index contributed by atoms with van der Waals surface area (Å²) < 4.78 is 33.3. The molecule has 0 aliphatic carbocycles. The van der Waals surface area contributed by atoms with Crippen molar-refractivity contribution in [2.24, 2.45) is 12.8 Å². The molecule has 21 heavy (non-hydrogen) atoms. The first-order valence-corrected chi connectivity index (χ1v) is 7.78. The minimum atomic E-state index is -3.65. The maximum absolute atomic E-state index is 12.1. The number of nitrogens with zero attached hydrogens (tertiary/aromatic N) is 2. The molecule has 0 amide bonds. The molecule has 0 fully saturated rings. The number of hydrogen-bond acceptors (Lipinski definition) is 5. The van der Waals surface area contributed by atoms with Crippen LogP contribution < -0.4 is 15.2 Å². The van der Waals surface area contributed by atoms with Gasteiger partial charge in [0.25, 0.3) is 10.0 Å². The summed E-state index contributed by atoms with van der Waals surface area (Å²) in [4.78, 5) is 0.343. The number of sulfonamides is 1. The molecule has 0 unspecified atom stereocenters. The lowest BCUT2D eigenvalue weighted by Gasteiger charge is -2.08. The van der Waals surface area contributed by atoms with Crippen molar-refractivity contribution in [3.63, 3.8) is 0 Å². The Hall–Kier alpha value is -2.13. The quantitative estimate of drug-likeness (QED) is 0.765. The van der Waals surface area contributed by atoms with Crippen LogP contribution in [0.25, 0.3) is 0 Å². The van der Waals surface area contributed by atoms with Gasteiger partial charge in [0.2, 0.25) is 0 Å². The largest absolute Gasteiger partial charge is 0.487 e. The molecular formula is C12H14N4O3S2. The molecule has 1 heterocycles. The molecule has 1 aromatic carbocycles. The highest BCUT2D eigenvalue weighted by Gasteiger charge is 2.16. The van der Waals surface area contributed by atoms with E-state index in [0.717, 1.165) is 0 Å². The van der Waals surface area contributed by atoms with Gasteiger partial charge >= 0.3 is 0 Å². The minimum absolute atomic E-state index is 0.0961. The number of aryl methyl sites for hydroxylation is 1. The van der Waals surface area contributed by atoms with Gasteiger partial charge in [0.15, 0.2) is 0 Å². The molecule has 0 saturated heterocycles. The van der Waals surface area contributed by atoms with Crippen molar-refractivity contribution in [3.8, 4) is 5.75 Å². The Bertz CT molecular complexity index is 738. The lowest BCUT2D eigenvalue weighted by atomic mass is 10.3. The molecule has 0 spiro atoms. The van der Waals surface area contributed by atoms with Crippen LogP contribution in [-0.2, 0) is 17.1 Å². The predicted molar refractivity (Wildman–Crippen MR) is 82.7 cm³/mol. The van der Waals surface area contributed by atoms with Crippen molar-refractivity contribution in [3.05, 3.63) is 36.7 Å². The van der Waals surface area contributed by atoms with Crippen LogP contribution in [0.5, 0.6) is 5.75 Å². The highest BCUT2D eigenvalue weighted by atomic mass is 32.2. The van der Waals surface area contributed by atoms with Crippen molar-refractivity contribution in [2.45, 2.75) is 4.90 Å². The van der Waals surface area contributed by atoms with Crippen LogP contribution in [-0.4, -0.2) is 29.8 Å². The van der Waals surface area contributed by atoms with Gasteiger partial charge in [-0.1, -0.05) is 12.2 Å². The summed E-state index contributed by atoms with van der Waals surface area (Å²) in [6.07, 6.45) is 2.70. The minimum Gasteiger partial charge on any atom is -0.487 e. The summed E-state index contributed by atoms with van der Waals surface area (Å²) in [5.74, 6) is 0.548. The summed E-state index contributed by atoms with van der Waals surface area (Å²) in [7, 11) is -2.00. The summed E-state index contributed by atoms with van der Waals surface area (Å²) >= 11 is 4.70. The van der Waals surface area contributed by atoms with E-state index >= 15 is 0 Å². The van der Waals surface area contributed by atoms with Crippen molar-refractivity contribution in [2.75, 3.05) is 11.3 Å². The highest BCUT2D eigenvalue weighted by molar-refractivity contribution is 7.92. The van der Waals surface area contributed by atoms with Crippen molar-refractivity contribution in [1.29, 1.82) is 0 Å². The van der Waals surface area contributed by atoms with Gasteiger partial charge in [0.05, 0.1) is 6.20 Å². The monoisotopic (exact) mass is 326 g/mol. The number of ether oxygens (including phenoxy) is 1. The average molecular weight is 326 g/mol. The van der Waals surface area contributed by atoms with Crippen LogP contribution in [0, 0.1) is 0 Å². The number of nitrogens with two attached hydrogens (primary N) is 1. The Kier molecular flexibility index (Phi) is 4.43. The van der Waals surface area contributed by atoms with E-state index in [1.807, 2.05) is 0 Å². The molecule has 112 valence electrons. The second-order valence-electron chi connectivity index (χ2n) is 4.23.